The number of methoxy groups -OCH3 is 2. The van der Waals surface area contributed by atoms with Gasteiger partial charge in [-0.3, -0.25) is 9.59 Å². The SMILES string of the molecule is CCC1=C(C)C2=NC1=CC1=C(C)C3=C(S)[C@H](C(=O)OC)C(=C4NC(=CC5=NC(=C2)C(CC)=C5C)[C@@H](C)[C@@H]4CCC(=O)OC)C3=N1. The monoisotopic (exact) mass is 624 g/mol. The van der Waals surface area contributed by atoms with E-state index in [4.69, 9.17) is 37.1 Å². The summed E-state index contributed by atoms with van der Waals surface area (Å²) in [5.74, 6) is -1.51. The number of carbonyl (C=O) groups is 2. The number of allylic oxidation sites excluding steroid dienone is 11. The van der Waals surface area contributed by atoms with Crippen LogP contribution < -0.4 is 5.32 Å². The maximum Gasteiger partial charge on any atom is 0.318 e. The molecule has 5 heterocycles. The first kappa shape index (κ1) is 31.0. The van der Waals surface area contributed by atoms with Gasteiger partial charge in [-0.15, -0.1) is 12.6 Å². The van der Waals surface area contributed by atoms with Gasteiger partial charge in [-0.2, -0.15) is 0 Å². The maximum atomic E-state index is 13.4. The minimum atomic E-state index is -0.735. The lowest BCUT2D eigenvalue weighted by Gasteiger charge is -2.20. The van der Waals surface area contributed by atoms with Crippen LogP contribution in [-0.4, -0.2) is 43.3 Å². The average Bonchev–Trinajstić information content (AvgIpc) is 3.76. The van der Waals surface area contributed by atoms with E-state index in [-0.39, 0.29) is 24.2 Å². The number of thiol groups is 1. The highest BCUT2D eigenvalue weighted by Crippen LogP contribution is 2.50. The van der Waals surface area contributed by atoms with Crippen LogP contribution in [0.15, 0.2) is 106 Å². The molecule has 0 saturated carbocycles. The Morgan fingerprint density at radius 1 is 0.889 bits per heavy atom. The number of hydrogen-bond donors (Lipinski definition) is 2. The number of esters is 2. The summed E-state index contributed by atoms with van der Waals surface area (Å²) in [5, 5.41) is 3.71. The third kappa shape index (κ3) is 4.87. The smallest absolute Gasteiger partial charge is 0.318 e. The number of aliphatic imine (C=N–C) groups is 3. The Morgan fingerprint density at radius 2 is 1.51 bits per heavy atom. The van der Waals surface area contributed by atoms with Gasteiger partial charge in [0.15, 0.2) is 0 Å². The van der Waals surface area contributed by atoms with Crippen LogP contribution in [0.5, 0.6) is 0 Å². The van der Waals surface area contributed by atoms with Gasteiger partial charge < -0.3 is 14.8 Å². The number of nitrogens with one attached hydrogen (secondary N) is 1. The van der Waals surface area contributed by atoms with Crippen molar-refractivity contribution in [3.05, 3.63) is 90.6 Å². The molecule has 6 rings (SSSR count). The van der Waals surface area contributed by atoms with E-state index in [9.17, 15) is 9.59 Å². The minimum Gasteiger partial charge on any atom is -0.469 e. The van der Waals surface area contributed by atoms with E-state index in [1.807, 2.05) is 6.92 Å². The van der Waals surface area contributed by atoms with Crippen molar-refractivity contribution in [2.24, 2.45) is 32.7 Å². The second-order valence-electron chi connectivity index (χ2n) is 12.2. The van der Waals surface area contributed by atoms with E-state index >= 15 is 0 Å². The molecular formula is C36H40N4O4S. The molecule has 8 nitrogen and oxygen atoms in total. The summed E-state index contributed by atoms with van der Waals surface area (Å²) < 4.78 is 10.3. The summed E-state index contributed by atoms with van der Waals surface area (Å²) in [5.41, 5.74) is 14.2. The molecular weight excluding hydrogens is 584 g/mol. The third-order valence-electron chi connectivity index (χ3n) is 9.98. The Balaban J connectivity index is 1.65. The van der Waals surface area contributed by atoms with Gasteiger partial charge in [-0.1, -0.05) is 20.8 Å². The maximum absolute atomic E-state index is 13.4. The van der Waals surface area contributed by atoms with Crippen molar-refractivity contribution < 1.29 is 19.1 Å². The summed E-state index contributed by atoms with van der Waals surface area (Å²) >= 11 is 4.95. The zero-order valence-corrected chi connectivity index (χ0v) is 28.1. The molecule has 0 unspecified atom stereocenters. The molecule has 0 aromatic rings. The Kier molecular flexibility index (Phi) is 8.10. The van der Waals surface area contributed by atoms with Crippen molar-refractivity contribution in [3.8, 4) is 0 Å². The van der Waals surface area contributed by atoms with E-state index in [2.05, 4.69) is 58.2 Å². The fraction of sp³-hybridized carbons (Fsp3) is 0.417. The molecule has 0 radical (unpaired) electrons. The Bertz CT molecular complexity index is 1800. The largest absolute Gasteiger partial charge is 0.469 e. The first-order valence-electron chi connectivity index (χ1n) is 15.7. The predicted molar refractivity (Wildman–Crippen MR) is 181 cm³/mol. The number of hydrogen-bond acceptors (Lipinski definition) is 9. The molecule has 8 bridgehead atoms. The molecule has 5 aliphatic heterocycles. The van der Waals surface area contributed by atoms with Crippen LogP contribution in [0, 0.1) is 17.8 Å². The molecule has 0 amide bonds. The molecule has 1 fully saturated rings. The van der Waals surface area contributed by atoms with Gasteiger partial charge in [0.25, 0.3) is 0 Å². The predicted octanol–water partition coefficient (Wildman–Crippen LogP) is 6.79. The fourth-order valence-electron chi connectivity index (χ4n) is 7.37. The Morgan fingerprint density at radius 3 is 2.11 bits per heavy atom. The summed E-state index contributed by atoms with van der Waals surface area (Å²) in [7, 11) is 2.80. The van der Waals surface area contributed by atoms with Crippen LogP contribution in [0.25, 0.3) is 0 Å². The van der Waals surface area contributed by atoms with Crippen molar-refractivity contribution in [2.45, 2.75) is 67.2 Å². The van der Waals surface area contributed by atoms with E-state index in [1.165, 1.54) is 25.4 Å². The standard InChI is InChI=1S/C36H40N4O4S/c1-9-20-16(3)23-13-25-18(5)22(11-12-29(41)43-7)33(39-25)31-32(36(42)44-8)35(45)30-19(6)26(40-34(30)31)15-28-21(10-2)17(4)24(38-28)14-27(20)37-23/h13-15,18,22,32,39,45H,9-12H2,1-8H3/t18-,22-,32+/m0/s1. The van der Waals surface area contributed by atoms with Gasteiger partial charge in [0.1, 0.15) is 5.92 Å². The molecule has 6 aliphatic rings. The minimum absolute atomic E-state index is 0.00230. The van der Waals surface area contributed by atoms with Crippen molar-refractivity contribution in [2.75, 3.05) is 14.2 Å². The molecule has 234 valence electrons. The quantitative estimate of drug-likeness (QED) is 0.250. The molecule has 0 aromatic carbocycles. The van der Waals surface area contributed by atoms with Crippen LogP contribution >= 0.6 is 12.6 Å². The summed E-state index contributed by atoms with van der Waals surface area (Å²) in [6, 6.07) is 0. The zero-order chi connectivity index (χ0) is 32.3. The number of carbonyl (C=O) groups excluding carboxylic acids is 2. The van der Waals surface area contributed by atoms with Gasteiger partial charge in [-0.25, -0.2) is 15.0 Å². The van der Waals surface area contributed by atoms with Crippen LogP contribution in [0.4, 0.5) is 0 Å². The summed E-state index contributed by atoms with van der Waals surface area (Å²) in [6.45, 7) is 12.7. The van der Waals surface area contributed by atoms with Crippen molar-refractivity contribution in [3.63, 3.8) is 0 Å². The topological polar surface area (TPSA) is 102 Å². The summed E-state index contributed by atoms with van der Waals surface area (Å²) in [4.78, 5) is 41.8. The second-order valence-corrected chi connectivity index (χ2v) is 12.7. The molecule has 45 heavy (non-hydrogen) atoms. The first-order valence-corrected chi connectivity index (χ1v) is 16.1. The van der Waals surface area contributed by atoms with E-state index in [0.717, 1.165) is 86.3 Å². The van der Waals surface area contributed by atoms with Crippen LogP contribution in [-0.2, 0) is 19.1 Å². The van der Waals surface area contributed by atoms with E-state index in [1.54, 1.807) is 0 Å². The van der Waals surface area contributed by atoms with Gasteiger partial charge in [0.2, 0.25) is 0 Å². The number of rotatable bonds is 6. The molecule has 1 N–H and O–H groups in total. The normalized spacial score (nSPS) is 25.4. The van der Waals surface area contributed by atoms with Gasteiger partial charge in [-0.05, 0) is 86.1 Å². The third-order valence-corrected chi connectivity index (χ3v) is 10.5. The molecule has 0 spiro atoms. The first-order chi connectivity index (χ1) is 21.5. The van der Waals surface area contributed by atoms with Crippen molar-refractivity contribution in [1.29, 1.82) is 0 Å². The molecule has 3 atom stereocenters. The highest BCUT2D eigenvalue weighted by atomic mass is 32.1. The number of fused-ring (bicyclic) bond motifs is 5. The lowest BCUT2D eigenvalue weighted by Crippen LogP contribution is -2.24. The molecule has 9 heteroatoms. The van der Waals surface area contributed by atoms with E-state index in [0.29, 0.717) is 11.3 Å². The van der Waals surface area contributed by atoms with Gasteiger partial charge in [0.05, 0.1) is 48.4 Å². The van der Waals surface area contributed by atoms with Gasteiger partial charge in [0, 0.05) is 45.7 Å². The van der Waals surface area contributed by atoms with Crippen molar-refractivity contribution in [1.82, 2.24) is 5.32 Å². The number of ether oxygens (including phenoxy) is 2. The lowest BCUT2D eigenvalue weighted by molar-refractivity contribution is -0.143. The van der Waals surface area contributed by atoms with E-state index < -0.39 is 11.9 Å². The molecule has 0 aromatic heterocycles. The number of nitrogens with zero attached hydrogens (tertiary/aromatic N) is 3. The Labute approximate surface area is 270 Å². The molecule has 1 aliphatic carbocycles. The van der Waals surface area contributed by atoms with Crippen molar-refractivity contribution >= 4 is 41.7 Å². The van der Waals surface area contributed by atoms with Crippen LogP contribution in [0.3, 0.4) is 0 Å². The molecule has 1 saturated heterocycles. The highest BCUT2D eigenvalue weighted by molar-refractivity contribution is 7.84. The fourth-order valence-corrected chi connectivity index (χ4v) is 7.88. The second kappa shape index (κ2) is 11.7. The van der Waals surface area contributed by atoms with Gasteiger partial charge >= 0.3 is 11.9 Å². The zero-order valence-electron chi connectivity index (χ0n) is 27.2. The average molecular weight is 625 g/mol. The highest BCUT2D eigenvalue weighted by Gasteiger charge is 2.47. The Hall–Kier alpha value is -3.98. The van der Waals surface area contributed by atoms with Crippen LogP contribution in [0.1, 0.15) is 67.2 Å². The van der Waals surface area contributed by atoms with Crippen LogP contribution in [0.2, 0.25) is 0 Å². The lowest BCUT2D eigenvalue weighted by atomic mass is 9.84. The summed E-state index contributed by atoms with van der Waals surface area (Å²) in [6.07, 6.45) is 8.74.